The molecule has 3 rings (SSSR count). The highest BCUT2D eigenvalue weighted by atomic mass is 79.9. The zero-order valence-corrected chi connectivity index (χ0v) is 13.5. The van der Waals surface area contributed by atoms with Gasteiger partial charge in [0.2, 0.25) is 6.79 Å². The van der Waals surface area contributed by atoms with Gasteiger partial charge in [-0.05, 0) is 58.2 Å². The molecule has 0 bridgehead atoms. The zero-order valence-electron chi connectivity index (χ0n) is 11.9. The molecule has 21 heavy (non-hydrogen) atoms. The fraction of sp³-hybridized carbons (Fsp3) is 0.250. The van der Waals surface area contributed by atoms with Crippen LogP contribution in [0.1, 0.15) is 11.1 Å². The topological polar surface area (TPSA) is 39.7 Å². The second kappa shape index (κ2) is 5.85. The molecule has 2 aromatic carbocycles. The summed E-state index contributed by atoms with van der Waals surface area (Å²) in [6.07, 6.45) is 0. The van der Waals surface area contributed by atoms with Crippen LogP contribution in [0.3, 0.4) is 0 Å². The Bertz CT molecular complexity index is 673. The van der Waals surface area contributed by atoms with E-state index in [0.717, 1.165) is 33.0 Å². The number of anilines is 1. The van der Waals surface area contributed by atoms with E-state index < -0.39 is 0 Å². The van der Waals surface area contributed by atoms with E-state index in [0.29, 0.717) is 6.54 Å². The van der Waals surface area contributed by atoms with Gasteiger partial charge in [-0.3, -0.25) is 0 Å². The molecule has 4 nitrogen and oxygen atoms in total. The summed E-state index contributed by atoms with van der Waals surface area (Å²) in [7, 11) is 1.67. The van der Waals surface area contributed by atoms with Crippen LogP contribution in [-0.2, 0) is 6.54 Å². The molecule has 110 valence electrons. The van der Waals surface area contributed by atoms with Crippen LogP contribution in [0.4, 0.5) is 5.69 Å². The SMILES string of the molecule is COc1ccc(C)cc1NCc1cc(Br)c2c(c1)OCO2. The lowest BCUT2D eigenvalue weighted by molar-refractivity contribution is 0.173. The fourth-order valence-corrected chi connectivity index (χ4v) is 2.88. The normalized spacial score (nSPS) is 12.3. The smallest absolute Gasteiger partial charge is 0.231 e. The Kier molecular flexibility index (Phi) is 3.92. The molecule has 1 aliphatic rings. The van der Waals surface area contributed by atoms with Gasteiger partial charge in [-0.15, -0.1) is 0 Å². The predicted molar refractivity (Wildman–Crippen MR) is 85.3 cm³/mol. The van der Waals surface area contributed by atoms with Crippen molar-refractivity contribution < 1.29 is 14.2 Å². The number of methoxy groups -OCH3 is 1. The molecule has 1 N–H and O–H groups in total. The maximum atomic E-state index is 5.43. The van der Waals surface area contributed by atoms with Crippen LogP contribution < -0.4 is 19.5 Å². The minimum atomic E-state index is 0.274. The molecule has 1 aliphatic heterocycles. The number of hydrogen-bond donors (Lipinski definition) is 1. The van der Waals surface area contributed by atoms with Crippen molar-refractivity contribution in [1.82, 2.24) is 0 Å². The lowest BCUT2D eigenvalue weighted by Gasteiger charge is -2.12. The number of benzene rings is 2. The Morgan fingerprint density at radius 1 is 1.24 bits per heavy atom. The molecule has 0 atom stereocenters. The predicted octanol–water partition coefficient (Wildman–Crippen LogP) is 4.11. The van der Waals surface area contributed by atoms with E-state index in [-0.39, 0.29) is 6.79 Å². The summed E-state index contributed by atoms with van der Waals surface area (Å²) >= 11 is 3.51. The Morgan fingerprint density at radius 3 is 2.90 bits per heavy atom. The first kappa shape index (κ1) is 14.1. The van der Waals surface area contributed by atoms with Crippen molar-refractivity contribution in [3.63, 3.8) is 0 Å². The van der Waals surface area contributed by atoms with Gasteiger partial charge in [0.15, 0.2) is 11.5 Å². The van der Waals surface area contributed by atoms with Crippen LogP contribution in [-0.4, -0.2) is 13.9 Å². The van der Waals surface area contributed by atoms with Crippen molar-refractivity contribution in [3.05, 3.63) is 45.9 Å². The van der Waals surface area contributed by atoms with Crippen LogP contribution >= 0.6 is 15.9 Å². The highest BCUT2D eigenvalue weighted by Crippen LogP contribution is 2.40. The van der Waals surface area contributed by atoms with Gasteiger partial charge in [0.1, 0.15) is 5.75 Å². The molecule has 1 heterocycles. The molecule has 0 radical (unpaired) electrons. The summed E-state index contributed by atoms with van der Waals surface area (Å²) < 4.78 is 17.1. The Balaban J connectivity index is 1.79. The van der Waals surface area contributed by atoms with Gasteiger partial charge in [0.05, 0.1) is 17.3 Å². The summed E-state index contributed by atoms with van der Waals surface area (Å²) in [6, 6.07) is 10.1. The van der Waals surface area contributed by atoms with Crippen molar-refractivity contribution in [3.8, 4) is 17.2 Å². The van der Waals surface area contributed by atoms with E-state index in [1.54, 1.807) is 7.11 Å². The van der Waals surface area contributed by atoms with Crippen LogP contribution in [0.25, 0.3) is 0 Å². The van der Waals surface area contributed by atoms with E-state index in [2.05, 4.69) is 34.2 Å². The lowest BCUT2D eigenvalue weighted by atomic mass is 10.1. The van der Waals surface area contributed by atoms with Crippen LogP contribution in [0.5, 0.6) is 17.2 Å². The molecule has 0 amide bonds. The summed E-state index contributed by atoms with van der Waals surface area (Å²) in [6.45, 7) is 3.01. The van der Waals surface area contributed by atoms with Crippen molar-refractivity contribution in [1.29, 1.82) is 0 Å². The Hall–Kier alpha value is -1.88. The standard InChI is InChI=1S/C16H16BrNO3/c1-10-3-4-14(19-2)13(5-10)18-8-11-6-12(17)16-15(7-11)20-9-21-16/h3-7,18H,8-9H2,1-2H3. The average molecular weight is 350 g/mol. The summed E-state index contributed by atoms with van der Waals surface area (Å²) in [4.78, 5) is 0. The molecule has 0 aliphatic carbocycles. The molecule has 2 aromatic rings. The summed E-state index contributed by atoms with van der Waals surface area (Å²) in [5.41, 5.74) is 3.27. The maximum Gasteiger partial charge on any atom is 0.231 e. The summed E-state index contributed by atoms with van der Waals surface area (Å²) in [5, 5.41) is 3.40. The van der Waals surface area contributed by atoms with E-state index in [4.69, 9.17) is 14.2 Å². The first-order valence-corrected chi connectivity index (χ1v) is 7.43. The molecule has 0 saturated carbocycles. The van der Waals surface area contributed by atoms with E-state index in [1.165, 1.54) is 5.56 Å². The third kappa shape index (κ3) is 2.93. The van der Waals surface area contributed by atoms with Crippen molar-refractivity contribution >= 4 is 21.6 Å². The molecule has 0 unspecified atom stereocenters. The summed E-state index contributed by atoms with van der Waals surface area (Å²) in [5.74, 6) is 2.38. The number of ether oxygens (including phenoxy) is 3. The quantitative estimate of drug-likeness (QED) is 0.901. The van der Waals surface area contributed by atoms with Gasteiger partial charge in [-0.25, -0.2) is 0 Å². The average Bonchev–Trinajstić information content (AvgIpc) is 2.94. The first-order valence-electron chi connectivity index (χ1n) is 6.64. The highest BCUT2D eigenvalue weighted by Gasteiger charge is 2.17. The molecule has 0 aromatic heterocycles. The van der Waals surface area contributed by atoms with Gasteiger partial charge in [0, 0.05) is 6.54 Å². The van der Waals surface area contributed by atoms with E-state index >= 15 is 0 Å². The van der Waals surface area contributed by atoms with Crippen LogP contribution in [0.2, 0.25) is 0 Å². The zero-order chi connectivity index (χ0) is 14.8. The minimum absolute atomic E-state index is 0.274. The number of nitrogens with one attached hydrogen (secondary N) is 1. The lowest BCUT2D eigenvalue weighted by Crippen LogP contribution is -2.02. The van der Waals surface area contributed by atoms with Crippen molar-refractivity contribution in [2.75, 3.05) is 19.2 Å². The second-order valence-electron chi connectivity index (χ2n) is 4.87. The Morgan fingerprint density at radius 2 is 2.10 bits per heavy atom. The first-order chi connectivity index (χ1) is 10.2. The molecule has 0 saturated heterocycles. The number of halogens is 1. The number of rotatable bonds is 4. The minimum Gasteiger partial charge on any atom is -0.495 e. The third-order valence-corrected chi connectivity index (χ3v) is 3.91. The van der Waals surface area contributed by atoms with E-state index in [9.17, 15) is 0 Å². The van der Waals surface area contributed by atoms with Gasteiger partial charge in [-0.1, -0.05) is 6.07 Å². The van der Waals surface area contributed by atoms with Crippen molar-refractivity contribution in [2.24, 2.45) is 0 Å². The van der Waals surface area contributed by atoms with Gasteiger partial charge in [0.25, 0.3) is 0 Å². The van der Waals surface area contributed by atoms with Gasteiger partial charge < -0.3 is 19.5 Å². The molecule has 5 heteroatoms. The third-order valence-electron chi connectivity index (χ3n) is 3.32. The number of hydrogen-bond acceptors (Lipinski definition) is 4. The number of fused-ring (bicyclic) bond motifs is 1. The molecular weight excluding hydrogens is 334 g/mol. The molecule has 0 fully saturated rings. The van der Waals surface area contributed by atoms with Crippen molar-refractivity contribution in [2.45, 2.75) is 13.5 Å². The highest BCUT2D eigenvalue weighted by molar-refractivity contribution is 9.10. The number of aryl methyl sites for hydroxylation is 1. The maximum absolute atomic E-state index is 5.43. The van der Waals surface area contributed by atoms with Gasteiger partial charge >= 0.3 is 0 Å². The molecule has 0 spiro atoms. The monoisotopic (exact) mass is 349 g/mol. The Labute approximate surface area is 132 Å². The van der Waals surface area contributed by atoms with Crippen LogP contribution in [0.15, 0.2) is 34.8 Å². The molecular formula is C16H16BrNO3. The fourth-order valence-electron chi connectivity index (χ4n) is 2.28. The van der Waals surface area contributed by atoms with Crippen LogP contribution in [0, 0.1) is 6.92 Å². The second-order valence-corrected chi connectivity index (χ2v) is 5.72. The largest absolute Gasteiger partial charge is 0.495 e. The van der Waals surface area contributed by atoms with Gasteiger partial charge in [-0.2, -0.15) is 0 Å². The van der Waals surface area contributed by atoms with E-state index in [1.807, 2.05) is 24.3 Å².